The molecule has 0 atom stereocenters. The summed E-state index contributed by atoms with van der Waals surface area (Å²) >= 11 is 0. The van der Waals surface area contributed by atoms with Crippen LogP contribution in [-0.4, -0.2) is 48.1 Å². The number of nitrogens with zero attached hydrogens (tertiary/aromatic N) is 2. The second-order valence-electron chi connectivity index (χ2n) is 11.5. The molecule has 7 rings (SSSR count). The van der Waals surface area contributed by atoms with Gasteiger partial charge in [-0.05, 0) is 86.7 Å². The molecule has 34 heavy (non-hydrogen) atoms. The van der Waals surface area contributed by atoms with Crippen molar-refractivity contribution in [2.45, 2.75) is 57.8 Å². The molecule has 4 aliphatic carbocycles. The van der Waals surface area contributed by atoms with E-state index in [1.165, 1.54) is 45.6 Å². The van der Waals surface area contributed by atoms with E-state index in [2.05, 4.69) is 5.32 Å². The van der Waals surface area contributed by atoms with Crippen LogP contribution < -0.4 is 5.32 Å². The summed E-state index contributed by atoms with van der Waals surface area (Å²) in [5.74, 6) is 2.36. The van der Waals surface area contributed by atoms with Gasteiger partial charge in [-0.25, -0.2) is 4.98 Å². The smallest absolute Gasteiger partial charge is 0.312 e. The Morgan fingerprint density at radius 1 is 1.12 bits per heavy atom. The number of carbonyl (C=O) groups excluding carboxylic acids is 2. The summed E-state index contributed by atoms with van der Waals surface area (Å²) in [6.07, 6.45) is 11.7. The van der Waals surface area contributed by atoms with E-state index in [4.69, 9.17) is 14.5 Å². The van der Waals surface area contributed by atoms with E-state index in [0.717, 1.165) is 35.6 Å². The first-order valence-electron chi connectivity index (χ1n) is 12.9. The highest BCUT2D eigenvalue weighted by atomic mass is 16.5. The molecule has 0 unspecified atom stereocenters. The number of fused-ring (bicyclic) bond motifs is 1. The molecule has 4 saturated carbocycles. The number of hydrogen-bond acceptors (Lipinski definition) is 5. The van der Waals surface area contributed by atoms with Gasteiger partial charge < -0.3 is 14.8 Å². The Kier molecular flexibility index (Phi) is 5.43. The SMILES string of the molecule is COC(=O)C1(Cc2cn3c(C(=O)NCC45CC6CC(CC(C6)C4)C5)cccc3n2)CCOCC1. The topological polar surface area (TPSA) is 81.9 Å². The van der Waals surface area contributed by atoms with Crippen LogP contribution in [0.15, 0.2) is 24.4 Å². The summed E-state index contributed by atoms with van der Waals surface area (Å²) in [7, 11) is 1.44. The van der Waals surface area contributed by atoms with Crippen molar-refractivity contribution in [2.75, 3.05) is 26.9 Å². The lowest BCUT2D eigenvalue weighted by molar-refractivity contribution is -0.158. The van der Waals surface area contributed by atoms with Crippen LogP contribution in [0.3, 0.4) is 0 Å². The molecule has 4 bridgehead atoms. The first-order chi connectivity index (χ1) is 16.5. The number of imidazole rings is 1. The largest absolute Gasteiger partial charge is 0.469 e. The Morgan fingerprint density at radius 3 is 2.44 bits per heavy atom. The Hall–Kier alpha value is -2.41. The highest BCUT2D eigenvalue weighted by Gasteiger charge is 2.50. The molecule has 2 aromatic rings. The van der Waals surface area contributed by atoms with Gasteiger partial charge in [0.2, 0.25) is 0 Å². The minimum Gasteiger partial charge on any atom is -0.469 e. The number of amides is 1. The van der Waals surface area contributed by atoms with Gasteiger partial charge in [-0.1, -0.05) is 6.07 Å². The van der Waals surface area contributed by atoms with E-state index in [0.29, 0.717) is 43.6 Å². The third kappa shape index (κ3) is 3.82. The fraction of sp³-hybridized carbons (Fsp3) is 0.667. The van der Waals surface area contributed by atoms with Crippen molar-refractivity contribution in [1.29, 1.82) is 0 Å². The van der Waals surface area contributed by atoms with Gasteiger partial charge in [0.15, 0.2) is 0 Å². The normalized spacial score (nSPS) is 31.5. The molecule has 0 radical (unpaired) electrons. The van der Waals surface area contributed by atoms with Crippen molar-refractivity contribution >= 4 is 17.5 Å². The molecule has 1 N–H and O–H groups in total. The lowest BCUT2D eigenvalue weighted by atomic mass is 9.49. The molecular formula is C27H35N3O4. The quantitative estimate of drug-likeness (QED) is 0.657. The molecule has 1 saturated heterocycles. The average Bonchev–Trinajstić information content (AvgIpc) is 3.24. The minimum atomic E-state index is -0.619. The number of methoxy groups -OCH3 is 1. The van der Waals surface area contributed by atoms with Crippen LogP contribution >= 0.6 is 0 Å². The number of nitrogens with one attached hydrogen (secondary N) is 1. The summed E-state index contributed by atoms with van der Waals surface area (Å²) in [6, 6.07) is 5.66. The zero-order valence-corrected chi connectivity index (χ0v) is 20.1. The molecule has 182 valence electrons. The first kappa shape index (κ1) is 22.1. The molecule has 7 nitrogen and oxygen atoms in total. The van der Waals surface area contributed by atoms with Crippen molar-refractivity contribution in [3.05, 3.63) is 35.8 Å². The van der Waals surface area contributed by atoms with Gasteiger partial charge in [0, 0.05) is 32.4 Å². The molecule has 1 amide bonds. The second kappa shape index (κ2) is 8.36. The minimum absolute atomic E-state index is 0.0426. The van der Waals surface area contributed by atoms with Gasteiger partial charge >= 0.3 is 5.97 Å². The summed E-state index contributed by atoms with van der Waals surface area (Å²) in [4.78, 5) is 30.7. The van der Waals surface area contributed by atoms with Gasteiger partial charge in [0.25, 0.3) is 5.91 Å². The number of carbonyl (C=O) groups is 2. The molecule has 5 aliphatic rings. The van der Waals surface area contributed by atoms with Crippen LogP contribution in [0.25, 0.3) is 5.65 Å². The summed E-state index contributed by atoms with van der Waals surface area (Å²) in [5.41, 5.74) is 1.80. The monoisotopic (exact) mass is 465 g/mol. The van der Waals surface area contributed by atoms with Gasteiger partial charge in [-0.15, -0.1) is 0 Å². The number of rotatable bonds is 6. The zero-order chi connectivity index (χ0) is 23.3. The van der Waals surface area contributed by atoms with Crippen molar-refractivity contribution < 1.29 is 19.1 Å². The molecule has 1 aliphatic heterocycles. The van der Waals surface area contributed by atoms with Gasteiger partial charge in [0.05, 0.1) is 18.2 Å². The molecular weight excluding hydrogens is 430 g/mol. The molecule has 7 heteroatoms. The number of aromatic nitrogens is 2. The van der Waals surface area contributed by atoms with Gasteiger partial charge in [0.1, 0.15) is 11.3 Å². The third-order valence-electron chi connectivity index (χ3n) is 9.15. The van der Waals surface area contributed by atoms with E-state index in [1.54, 1.807) is 0 Å². The number of hydrogen-bond donors (Lipinski definition) is 1. The van der Waals surface area contributed by atoms with Crippen LogP contribution in [0.2, 0.25) is 0 Å². The van der Waals surface area contributed by atoms with Crippen LogP contribution in [-0.2, 0) is 20.7 Å². The maximum Gasteiger partial charge on any atom is 0.312 e. The van der Waals surface area contributed by atoms with Crippen molar-refractivity contribution in [2.24, 2.45) is 28.6 Å². The number of ether oxygens (including phenoxy) is 2. The third-order valence-corrected chi connectivity index (χ3v) is 9.15. The first-order valence-corrected chi connectivity index (χ1v) is 12.9. The maximum atomic E-state index is 13.3. The fourth-order valence-corrected chi connectivity index (χ4v) is 7.97. The lowest BCUT2D eigenvalue weighted by Gasteiger charge is -2.56. The predicted octanol–water partition coefficient (Wildman–Crippen LogP) is 3.79. The van der Waals surface area contributed by atoms with Gasteiger partial charge in [-0.2, -0.15) is 0 Å². The summed E-state index contributed by atoms with van der Waals surface area (Å²) in [6.45, 7) is 1.86. The van der Waals surface area contributed by atoms with Crippen molar-refractivity contribution in [3.8, 4) is 0 Å². The Balaban J connectivity index is 1.20. The Bertz CT molecular complexity index is 1070. The molecule has 5 fully saturated rings. The molecule has 0 aromatic carbocycles. The van der Waals surface area contributed by atoms with E-state index in [9.17, 15) is 9.59 Å². The maximum absolute atomic E-state index is 13.3. The number of pyridine rings is 1. The highest BCUT2D eigenvalue weighted by Crippen LogP contribution is 2.59. The van der Waals surface area contributed by atoms with Crippen LogP contribution in [0.1, 0.15) is 67.5 Å². The highest BCUT2D eigenvalue weighted by molar-refractivity contribution is 5.93. The Morgan fingerprint density at radius 2 is 1.79 bits per heavy atom. The number of esters is 1. The fourth-order valence-electron chi connectivity index (χ4n) is 7.97. The van der Waals surface area contributed by atoms with E-state index in [-0.39, 0.29) is 11.9 Å². The van der Waals surface area contributed by atoms with Gasteiger partial charge in [-0.3, -0.25) is 14.0 Å². The molecule has 0 spiro atoms. The molecule has 2 aromatic heterocycles. The Labute approximate surface area is 200 Å². The van der Waals surface area contributed by atoms with Crippen LogP contribution in [0.4, 0.5) is 0 Å². The second-order valence-corrected chi connectivity index (χ2v) is 11.5. The molecule has 3 heterocycles. The van der Waals surface area contributed by atoms with E-state index >= 15 is 0 Å². The van der Waals surface area contributed by atoms with E-state index in [1.807, 2.05) is 28.8 Å². The summed E-state index contributed by atoms with van der Waals surface area (Å²) in [5, 5.41) is 3.30. The predicted molar refractivity (Wildman–Crippen MR) is 126 cm³/mol. The average molecular weight is 466 g/mol. The lowest BCUT2D eigenvalue weighted by Crippen LogP contribution is -2.51. The van der Waals surface area contributed by atoms with Crippen molar-refractivity contribution in [3.63, 3.8) is 0 Å². The van der Waals surface area contributed by atoms with Crippen molar-refractivity contribution in [1.82, 2.24) is 14.7 Å². The van der Waals surface area contributed by atoms with E-state index < -0.39 is 5.41 Å². The van der Waals surface area contributed by atoms with Crippen LogP contribution in [0, 0.1) is 28.6 Å². The zero-order valence-electron chi connectivity index (χ0n) is 20.1. The van der Waals surface area contributed by atoms with Crippen LogP contribution in [0.5, 0.6) is 0 Å². The summed E-state index contributed by atoms with van der Waals surface area (Å²) < 4.78 is 12.5. The standard InChI is InChI=1S/C27H35N3O4/c1-33-25(32)27(5-7-34-8-6-27)15-21-16-30-22(3-2-4-23(30)29-21)24(31)28-17-26-12-18-9-19(13-26)11-20(10-18)14-26/h2-4,16,18-20H,5-15,17H2,1H3,(H,28,31).